The fourth-order valence-corrected chi connectivity index (χ4v) is 1.08. The molecule has 3 nitrogen and oxygen atoms in total. The van der Waals surface area contributed by atoms with Gasteiger partial charge in [0.2, 0.25) is 0 Å². The normalized spacial score (nSPS) is 21.6. The maximum Gasteiger partial charge on any atom is 0.0950 e. The summed E-state index contributed by atoms with van der Waals surface area (Å²) >= 11 is 0. The highest BCUT2D eigenvalue weighted by Crippen LogP contribution is 2.08. The fraction of sp³-hybridized carbons (Fsp3) is 0.286. The lowest BCUT2D eigenvalue weighted by Crippen LogP contribution is -2.34. The third-order valence-corrected chi connectivity index (χ3v) is 1.62. The fourth-order valence-electron chi connectivity index (χ4n) is 1.08. The summed E-state index contributed by atoms with van der Waals surface area (Å²) in [4.78, 5) is 6.13. The Morgan fingerprint density at radius 3 is 3.50 bits per heavy atom. The van der Waals surface area contributed by atoms with Crippen molar-refractivity contribution in [1.82, 2.24) is 10.2 Å². The minimum absolute atomic E-state index is 1.00. The molecule has 0 unspecified atom stereocenters. The van der Waals surface area contributed by atoms with Crippen molar-refractivity contribution in [2.45, 2.75) is 0 Å². The zero-order chi connectivity index (χ0) is 6.81. The van der Waals surface area contributed by atoms with Crippen molar-refractivity contribution < 1.29 is 0 Å². The van der Waals surface area contributed by atoms with Crippen LogP contribution >= 0.6 is 0 Å². The molecule has 1 N–H and O–H groups in total. The lowest BCUT2D eigenvalue weighted by Gasteiger charge is -2.26. The third-order valence-electron chi connectivity index (χ3n) is 1.62. The number of fused-ring (bicyclic) bond motifs is 1. The first-order valence-corrected chi connectivity index (χ1v) is 3.37. The molecule has 2 rings (SSSR count). The predicted octanol–water partition coefficient (Wildman–Crippen LogP) is 0.289. The maximum atomic E-state index is 4.01. The number of hydrogen-bond acceptors (Lipinski definition) is 3. The van der Waals surface area contributed by atoms with Gasteiger partial charge in [0.1, 0.15) is 0 Å². The van der Waals surface area contributed by atoms with Gasteiger partial charge in [-0.1, -0.05) is 0 Å². The quantitative estimate of drug-likeness (QED) is 0.517. The number of nitrogens with one attached hydrogen (secondary N) is 1. The average molecular weight is 135 g/mol. The van der Waals surface area contributed by atoms with Crippen LogP contribution in [-0.4, -0.2) is 24.3 Å². The summed E-state index contributed by atoms with van der Waals surface area (Å²) in [6.07, 6.45) is 7.65. The highest BCUT2D eigenvalue weighted by molar-refractivity contribution is 5.62. The molecule has 0 saturated carbocycles. The molecule has 0 aromatic heterocycles. The summed E-state index contributed by atoms with van der Waals surface area (Å²) in [7, 11) is 0. The van der Waals surface area contributed by atoms with Gasteiger partial charge in [-0.2, -0.15) is 0 Å². The van der Waals surface area contributed by atoms with Crippen molar-refractivity contribution in [2.24, 2.45) is 4.99 Å². The van der Waals surface area contributed by atoms with Crippen molar-refractivity contribution in [3.05, 3.63) is 24.2 Å². The molecule has 0 amide bonds. The van der Waals surface area contributed by atoms with Gasteiger partial charge in [0.05, 0.1) is 12.0 Å². The molecule has 0 bridgehead atoms. The number of aliphatic imine (C=N–C) groups is 1. The lowest BCUT2D eigenvalue weighted by molar-refractivity contribution is 0.496. The molecule has 0 saturated heterocycles. The van der Waals surface area contributed by atoms with E-state index in [2.05, 4.69) is 15.2 Å². The van der Waals surface area contributed by atoms with E-state index in [-0.39, 0.29) is 0 Å². The molecule has 52 valence electrons. The first-order chi connectivity index (χ1) is 4.97. The minimum atomic E-state index is 1.00. The molecule has 2 aliphatic heterocycles. The standard InChI is InChI=1S/C7H9N3/c1-2-9-6-10-4-3-8-5-7(1)10/h1-2,5-6,8H,3-4H2. The molecule has 0 spiro atoms. The Morgan fingerprint density at radius 1 is 1.60 bits per heavy atom. The zero-order valence-corrected chi connectivity index (χ0v) is 5.62. The summed E-state index contributed by atoms with van der Waals surface area (Å²) in [5, 5.41) is 3.17. The van der Waals surface area contributed by atoms with Gasteiger partial charge in [0.15, 0.2) is 0 Å². The SMILES string of the molecule is C1=CC2=CNCCN2C=N1. The number of nitrogens with zero attached hydrogens (tertiary/aromatic N) is 2. The highest BCUT2D eigenvalue weighted by atomic mass is 15.2. The largest absolute Gasteiger partial charge is 0.387 e. The summed E-state index contributed by atoms with van der Waals surface area (Å²) in [6, 6.07) is 0. The van der Waals surface area contributed by atoms with E-state index in [0.29, 0.717) is 0 Å². The molecular weight excluding hydrogens is 126 g/mol. The maximum absolute atomic E-state index is 4.01. The van der Waals surface area contributed by atoms with E-state index in [9.17, 15) is 0 Å². The number of allylic oxidation sites excluding steroid dienone is 1. The van der Waals surface area contributed by atoms with E-state index < -0.39 is 0 Å². The lowest BCUT2D eigenvalue weighted by atomic mass is 10.3. The molecule has 0 aromatic carbocycles. The second-order valence-corrected chi connectivity index (χ2v) is 2.30. The van der Waals surface area contributed by atoms with E-state index in [0.717, 1.165) is 13.1 Å². The predicted molar refractivity (Wildman–Crippen MR) is 40.4 cm³/mol. The van der Waals surface area contributed by atoms with Crippen molar-refractivity contribution in [3.63, 3.8) is 0 Å². The zero-order valence-electron chi connectivity index (χ0n) is 5.62. The molecule has 3 heteroatoms. The minimum Gasteiger partial charge on any atom is -0.387 e. The van der Waals surface area contributed by atoms with Crippen LogP contribution in [0.15, 0.2) is 29.2 Å². The van der Waals surface area contributed by atoms with Crippen molar-refractivity contribution in [1.29, 1.82) is 0 Å². The first-order valence-electron chi connectivity index (χ1n) is 3.37. The molecule has 0 aliphatic carbocycles. The summed E-state index contributed by atoms with van der Waals surface area (Å²) in [5.74, 6) is 0. The third kappa shape index (κ3) is 0.795. The van der Waals surface area contributed by atoms with Gasteiger partial charge in [-0.05, 0) is 6.08 Å². The van der Waals surface area contributed by atoms with Crippen molar-refractivity contribution in [3.8, 4) is 0 Å². The van der Waals surface area contributed by atoms with Crippen LogP contribution in [0.5, 0.6) is 0 Å². The summed E-state index contributed by atoms with van der Waals surface area (Å²) in [6.45, 7) is 2.02. The Morgan fingerprint density at radius 2 is 2.60 bits per heavy atom. The van der Waals surface area contributed by atoms with E-state index in [1.807, 2.05) is 18.6 Å². The van der Waals surface area contributed by atoms with E-state index >= 15 is 0 Å². The Balaban J connectivity index is 2.27. The number of hydrogen-bond donors (Lipinski definition) is 1. The van der Waals surface area contributed by atoms with Crippen LogP contribution in [0, 0.1) is 0 Å². The van der Waals surface area contributed by atoms with E-state index in [1.165, 1.54) is 5.70 Å². The molecule has 2 aliphatic rings. The van der Waals surface area contributed by atoms with Gasteiger partial charge < -0.3 is 10.2 Å². The van der Waals surface area contributed by atoms with Crippen LogP contribution in [0.4, 0.5) is 0 Å². The van der Waals surface area contributed by atoms with Gasteiger partial charge in [-0.25, -0.2) is 4.99 Å². The van der Waals surface area contributed by atoms with Crippen LogP contribution in [0.25, 0.3) is 0 Å². The molecule has 0 fully saturated rings. The average Bonchev–Trinajstić information content (AvgIpc) is 2.05. The Hall–Kier alpha value is -1.25. The first kappa shape index (κ1) is 5.53. The number of rotatable bonds is 0. The molecule has 10 heavy (non-hydrogen) atoms. The summed E-state index contributed by atoms with van der Waals surface area (Å²) in [5.41, 5.74) is 1.20. The van der Waals surface area contributed by atoms with Gasteiger partial charge in [0, 0.05) is 25.5 Å². The highest BCUT2D eigenvalue weighted by Gasteiger charge is 2.09. The monoisotopic (exact) mass is 135 g/mol. The topological polar surface area (TPSA) is 27.6 Å². The molecule has 0 aromatic rings. The van der Waals surface area contributed by atoms with Crippen LogP contribution in [-0.2, 0) is 0 Å². The Bertz CT molecular complexity index is 215. The van der Waals surface area contributed by atoms with E-state index in [1.54, 1.807) is 6.20 Å². The van der Waals surface area contributed by atoms with Gasteiger partial charge in [-0.15, -0.1) is 0 Å². The second-order valence-electron chi connectivity index (χ2n) is 2.30. The van der Waals surface area contributed by atoms with Gasteiger partial charge in [0.25, 0.3) is 0 Å². The van der Waals surface area contributed by atoms with Crippen LogP contribution in [0.2, 0.25) is 0 Å². The van der Waals surface area contributed by atoms with Crippen LogP contribution < -0.4 is 5.32 Å². The molecule has 2 heterocycles. The smallest absolute Gasteiger partial charge is 0.0950 e. The van der Waals surface area contributed by atoms with Crippen LogP contribution in [0.1, 0.15) is 0 Å². The Labute approximate surface area is 59.7 Å². The van der Waals surface area contributed by atoms with Crippen molar-refractivity contribution >= 4 is 6.34 Å². The Kier molecular flexibility index (Phi) is 1.20. The summed E-state index contributed by atoms with van der Waals surface area (Å²) < 4.78 is 0. The van der Waals surface area contributed by atoms with Crippen LogP contribution in [0.3, 0.4) is 0 Å². The van der Waals surface area contributed by atoms with Crippen molar-refractivity contribution in [2.75, 3.05) is 13.1 Å². The van der Waals surface area contributed by atoms with E-state index in [4.69, 9.17) is 0 Å². The van der Waals surface area contributed by atoms with Gasteiger partial charge in [-0.3, -0.25) is 0 Å². The second kappa shape index (κ2) is 2.17. The molecule has 0 atom stereocenters. The molecule has 0 radical (unpaired) electrons. The van der Waals surface area contributed by atoms with Gasteiger partial charge >= 0.3 is 0 Å². The molecular formula is C7H9N3.